The third-order valence-electron chi connectivity index (χ3n) is 2.50. The number of ether oxygens (including phenoxy) is 1. The molecule has 0 aliphatic heterocycles. The van der Waals surface area contributed by atoms with Crippen LogP contribution in [-0.4, -0.2) is 40.2 Å². The molecule has 0 aromatic carbocycles. The lowest BCUT2D eigenvalue weighted by atomic mass is 9.89. The lowest BCUT2D eigenvalue weighted by molar-refractivity contribution is -0.166. The van der Waals surface area contributed by atoms with Crippen LogP contribution in [0.15, 0.2) is 0 Å². The second-order valence-corrected chi connectivity index (χ2v) is 3.92. The van der Waals surface area contributed by atoms with E-state index in [0.29, 0.717) is 6.42 Å². The maximum Gasteiger partial charge on any atom is 0.311 e. The van der Waals surface area contributed by atoms with E-state index in [4.69, 9.17) is 14.9 Å². The smallest absolute Gasteiger partial charge is 0.311 e. The van der Waals surface area contributed by atoms with Crippen LogP contribution in [0, 0.1) is 5.41 Å². The number of aliphatic hydroxyl groups excluding tert-OH is 1. The molecule has 94 valence electrons. The fourth-order valence-corrected chi connectivity index (χ4v) is 0.925. The number of rotatable bonds is 8. The van der Waals surface area contributed by atoms with E-state index in [2.05, 4.69) is 0 Å². The standard InChI is InChI=1S/C10H18O6/c1-3-10(2,9(14)15)6-16-8(13)5-4-7(11)12/h8,13H,3-6H2,1-2H3,(H,11,12)(H,14,15). The fraction of sp³-hybridized carbons (Fsp3) is 0.800. The van der Waals surface area contributed by atoms with E-state index in [1.165, 1.54) is 6.92 Å². The Morgan fingerprint density at radius 1 is 1.38 bits per heavy atom. The molecule has 0 aromatic rings. The van der Waals surface area contributed by atoms with Crippen molar-refractivity contribution >= 4 is 11.9 Å². The van der Waals surface area contributed by atoms with Gasteiger partial charge in [-0.15, -0.1) is 0 Å². The number of carboxylic acid groups (broad SMARTS) is 2. The highest BCUT2D eigenvalue weighted by molar-refractivity contribution is 5.74. The molecular weight excluding hydrogens is 216 g/mol. The number of aliphatic carboxylic acids is 2. The van der Waals surface area contributed by atoms with Crippen LogP contribution >= 0.6 is 0 Å². The summed E-state index contributed by atoms with van der Waals surface area (Å²) in [6, 6.07) is 0. The highest BCUT2D eigenvalue weighted by atomic mass is 16.6. The second-order valence-electron chi connectivity index (χ2n) is 3.92. The fourth-order valence-electron chi connectivity index (χ4n) is 0.925. The Morgan fingerprint density at radius 3 is 2.31 bits per heavy atom. The molecular formula is C10H18O6. The molecule has 0 aliphatic rings. The minimum absolute atomic E-state index is 0.0469. The van der Waals surface area contributed by atoms with Crippen molar-refractivity contribution in [2.24, 2.45) is 5.41 Å². The van der Waals surface area contributed by atoms with Crippen molar-refractivity contribution in [1.29, 1.82) is 0 Å². The largest absolute Gasteiger partial charge is 0.481 e. The average Bonchev–Trinajstić information content (AvgIpc) is 2.22. The topological polar surface area (TPSA) is 104 Å². The van der Waals surface area contributed by atoms with Gasteiger partial charge in [0.2, 0.25) is 0 Å². The van der Waals surface area contributed by atoms with Gasteiger partial charge in [0.25, 0.3) is 0 Å². The summed E-state index contributed by atoms with van der Waals surface area (Å²) in [5, 5.41) is 26.5. The quantitative estimate of drug-likeness (QED) is 0.534. The second kappa shape index (κ2) is 6.44. The molecule has 0 spiro atoms. The zero-order chi connectivity index (χ0) is 12.8. The van der Waals surface area contributed by atoms with Crippen molar-refractivity contribution in [3.05, 3.63) is 0 Å². The van der Waals surface area contributed by atoms with Crippen molar-refractivity contribution in [1.82, 2.24) is 0 Å². The van der Waals surface area contributed by atoms with Crippen LogP contribution in [0.25, 0.3) is 0 Å². The molecule has 0 amide bonds. The lowest BCUT2D eigenvalue weighted by Gasteiger charge is -2.24. The van der Waals surface area contributed by atoms with Gasteiger partial charge in [-0.05, 0) is 13.3 Å². The molecule has 6 heteroatoms. The molecule has 0 saturated heterocycles. The molecule has 0 fully saturated rings. The predicted octanol–water partition coefficient (Wildman–Crippen LogP) is 0.687. The molecule has 0 rings (SSSR count). The number of aliphatic hydroxyl groups is 1. The first-order chi connectivity index (χ1) is 7.31. The van der Waals surface area contributed by atoms with Gasteiger partial charge in [0.1, 0.15) is 0 Å². The third kappa shape index (κ3) is 5.09. The van der Waals surface area contributed by atoms with Gasteiger partial charge in [-0.25, -0.2) is 0 Å². The Morgan fingerprint density at radius 2 is 1.94 bits per heavy atom. The summed E-state index contributed by atoms with van der Waals surface area (Å²) in [4.78, 5) is 21.1. The Hall–Kier alpha value is -1.14. The minimum Gasteiger partial charge on any atom is -0.481 e. The van der Waals surface area contributed by atoms with Crippen LogP contribution in [-0.2, 0) is 14.3 Å². The molecule has 0 aromatic heterocycles. The van der Waals surface area contributed by atoms with Crippen LogP contribution in [0.2, 0.25) is 0 Å². The van der Waals surface area contributed by atoms with Crippen molar-refractivity contribution in [3.63, 3.8) is 0 Å². The Bertz CT molecular complexity index is 252. The SMILES string of the molecule is CCC(C)(COC(O)CCC(=O)O)C(=O)O. The van der Waals surface area contributed by atoms with Gasteiger partial charge in [-0.1, -0.05) is 6.92 Å². The molecule has 16 heavy (non-hydrogen) atoms. The number of carboxylic acids is 2. The van der Waals surface area contributed by atoms with Gasteiger partial charge in [0.05, 0.1) is 18.4 Å². The summed E-state index contributed by atoms with van der Waals surface area (Å²) >= 11 is 0. The highest BCUT2D eigenvalue weighted by Gasteiger charge is 2.32. The van der Waals surface area contributed by atoms with E-state index < -0.39 is 23.6 Å². The third-order valence-corrected chi connectivity index (χ3v) is 2.50. The van der Waals surface area contributed by atoms with Crippen LogP contribution in [0.5, 0.6) is 0 Å². The van der Waals surface area contributed by atoms with Crippen LogP contribution < -0.4 is 0 Å². The molecule has 3 N–H and O–H groups in total. The van der Waals surface area contributed by atoms with Crippen LogP contribution in [0.3, 0.4) is 0 Å². The van der Waals surface area contributed by atoms with Crippen molar-refractivity contribution < 1.29 is 29.6 Å². The molecule has 0 aliphatic carbocycles. The predicted molar refractivity (Wildman–Crippen MR) is 54.9 cm³/mol. The minimum atomic E-state index is -1.23. The van der Waals surface area contributed by atoms with E-state index in [0.717, 1.165) is 0 Å². The van der Waals surface area contributed by atoms with Gasteiger partial charge in [-0.3, -0.25) is 9.59 Å². The summed E-state index contributed by atoms with van der Waals surface area (Å²) in [5.41, 5.74) is -1.05. The molecule has 2 unspecified atom stereocenters. The molecule has 0 radical (unpaired) electrons. The highest BCUT2D eigenvalue weighted by Crippen LogP contribution is 2.22. The summed E-state index contributed by atoms with van der Waals surface area (Å²) in [5.74, 6) is -2.03. The van der Waals surface area contributed by atoms with Gasteiger partial charge < -0.3 is 20.1 Å². The number of carbonyl (C=O) groups is 2. The zero-order valence-corrected chi connectivity index (χ0v) is 9.47. The molecule has 0 saturated carbocycles. The molecule has 0 bridgehead atoms. The first-order valence-electron chi connectivity index (χ1n) is 5.06. The van der Waals surface area contributed by atoms with Crippen LogP contribution in [0.1, 0.15) is 33.1 Å². The monoisotopic (exact) mass is 234 g/mol. The molecule has 0 heterocycles. The van der Waals surface area contributed by atoms with Crippen molar-refractivity contribution in [3.8, 4) is 0 Å². The normalized spacial score (nSPS) is 16.4. The van der Waals surface area contributed by atoms with Gasteiger partial charge in [0, 0.05) is 6.42 Å². The average molecular weight is 234 g/mol. The van der Waals surface area contributed by atoms with E-state index in [1.807, 2.05) is 0 Å². The van der Waals surface area contributed by atoms with Crippen molar-refractivity contribution in [2.45, 2.75) is 39.4 Å². The maximum atomic E-state index is 10.9. The zero-order valence-electron chi connectivity index (χ0n) is 9.47. The molecule has 6 nitrogen and oxygen atoms in total. The first-order valence-corrected chi connectivity index (χ1v) is 5.06. The molecule has 2 atom stereocenters. The Balaban J connectivity index is 4.02. The number of hydrogen-bond acceptors (Lipinski definition) is 4. The van der Waals surface area contributed by atoms with E-state index in [1.54, 1.807) is 6.92 Å². The van der Waals surface area contributed by atoms with Gasteiger partial charge in [0.15, 0.2) is 6.29 Å². The van der Waals surface area contributed by atoms with Gasteiger partial charge in [-0.2, -0.15) is 0 Å². The summed E-state index contributed by atoms with van der Waals surface area (Å²) in [7, 11) is 0. The van der Waals surface area contributed by atoms with E-state index >= 15 is 0 Å². The van der Waals surface area contributed by atoms with Crippen LogP contribution in [0.4, 0.5) is 0 Å². The summed E-state index contributed by atoms with van der Waals surface area (Å²) < 4.78 is 4.92. The van der Waals surface area contributed by atoms with E-state index in [9.17, 15) is 14.7 Å². The lowest BCUT2D eigenvalue weighted by Crippen LogP contribution is -2.34. The number of hydrogen-bond donors (Lipinski definition) is 3. The summed E-state index contributed by atoms with van der Waals surface area (Å²) in [6.07, 6.45) is -1.12. The summed E-state index contributed by atoms with van der Waals surface area (Å²) in [6.45, 7) is 3.08. The Kier molecular flexibility index (Phi) is 5.98. The van der Waals surface area contributed by atoms with Crippen molar-refractivity contribution in [2.75, 3.05) is 6.61 Å². The maximum absolute atomic E-state index is 10.9. The first kappa shape index (κ1) is 14.9. The van der Waals surface area contributed by atoms with E-state index in [-0.39, 0.29) is 19.4 Å². The Labute approximate surface area is 93.8 Å². The van der Waals surface area contributed by atoms with Gasteiger partial charge >= 0.3 is 11.9 Å².